The van der Waals surface area contributed by atoms with Crippen LogP contribution in [0.4, 0.5) is 4.79 Å². The van der Waals surface area contributed by atoms with Gasteiger partial charge in [0.1, 0.15) is 0 Å². The molecule has 2 atom stereocenters. The van der Waals surface area contributed by atoms with E-state index >= 15 is 0 Å². The SMILES string of the molecule is Cc1cc([C@H](C)NC(=O)N2CCS(=O)(=O)C[C@@H](C)C2)c(C)s1. The maximum atomic E-state index is 12.4. The number of rotatable bonds is 2. The van der Waals surface area contributed by atoms with Gasteiger partial charge in [0.2, 0.25) is 0 Å². The zero-order valence-corrected chi connectivity index (χ0v) is 15.2. The Morgan fingerprint density at radius 1 is 1.45 bits per heavy atom. The molecular formula is C15H24N2O3S2. The van der Waals surface area contributed by atoms with Crippen molar-refractivity contribution in [1.29, 1.82) is 0 Å². The van der Waals surface area contributed by atoms with Crippen molar-refractivity contribution in [1.82, 2.24) is 10.2 Å². The molecule has 2 rings (SSSR count). The molecule has 22 heavy (non-hydrogen) atoms. The lowest BCUT2D eigenvalue weighted by atomic mass is 10.1. The normalized spacial score (nSPS) is 22.9. The van der Waals surface area contributed by atoms with Crippen molar-refractivity contribution in [2.45, 2.75) is 33.7 Å². The van der Waals surface area contributed by atoms with Crippen LogP contribution in [0, 0.1) is 19.8 Å². The molecular weight excluding hydrogens is 320 g/mol. The van der Waals surface area contributed by atoms with Crippen molar-refractivity contribution in [2.24, 2.45) is 5.92 Å². The first kappa shape index (κ1) is 17.3. The second-order valence-corrected chi connectivity index (χ2v) is 9.89. The molecule has 1 fully saturated rings. The first-order chi connectivity index (χ1) is 10.2. The molecule has 1 aliphatic rings. The van der Waals surface area contributed by atoms with Gasteiger partial charge in [-0.1, -0.05) is 6.92 Å². The fourth-order valence-corrected chi connectivity index (χ4v) is 5.57. The summed E-state index contributed by atoms with van der Waals surface area (Å²) < 4.78 is 23.6. The Kier molecular flexibility index (Phi) is 5.17. The van der Waals surface area contributed by atoms with Crippen LogP contribution in [0.2, 0.25) is 0 Å². The molecule has 0 unspecified atom stereocenters. The smallest absolute Gasteiger partial charge is 0.317 e. The highest BCUT2D eigenvalue weighted by molar-refractivity contribution is 7.91. The van der Waals surface area contributed by atoms with Crippen molar-refractivity contribution in [3.05, 3.63) is 21.4 Å². The molecule has 0 aromatic carbocycles. The summed E-state index contributed by atoms with van der Waals surface area (Å²) in [5.41, 5.74) is 1.13. The van der Waals surface area contributed by atoms with Crippen LogP contribution in [0.25, 0.3) is 0 Å². The zero-order valence-electron chi connectivity index (χ0n) is 13.5. The molecule has 2 heterocycles. The predicted octanol–water partition coefficient (Wildman–Crippen LogP) is 2.50. The van der Waals surface area contributed by atoms with Gasteiger partial charge in [-0.15, -0.1) is 11.3 Å². The van der Waals surface area contributed by atoms with Gasteiger partial charge in [0, 0.05) is 22.8 Å². The summed E-state index contributed by atoms with van der Waals surface area (Å²) >= 11 is 1.72. The van der Waals surface area contributed by atoms with E-state index in [1.807, 2.05) is 13.8 Å². The first-order valence-corrected chi connectivity index (χ1v) is 10.1. The number of hydrogen-bond donors (Lipinski definition) is 1. The van der Waals surface area contributed by atoms with E-state index in [2.05, 4.69) is 25.2 Å². The quantitative estimate of drug-likeness (QED) is 0.896. The maximum Gasteiger partial charge on any atom is 0.317 e. The van der Waals surface area contributed by atoms with Gasteiger partial charge in [-0.2, -0.15) is 0 Å². The number of carbonyl (C=O) groups is 1. The summed E-state index contributed by atoms with van der Waals surface area (Å²) in [4.78, 5) is 16.5. The Morgan fingerprint density at radius 3 is 2.73 bits per heavy atom. The second kappa shape index (κ2) is 6.58. The van der Waals surface area contributed by atoms with E-state index in [-0.39, 0.29) is 36.0 Å². The molecule has 0 spiro atoms. The van der Waals surface area contributed by atoms with E-state index in [1.165, 1.54) is 9.75 Å². The summed E-state index contributed by atoms with van der Waals surface area (Å²) in [6.45, 7) is 8.70. The van der Waals surface area contributed by atoms with Crippen LogP contribution in [0.15, 0.2) is 6.07 Å². The van der Waals surface area contributed by atoms with Crippen LogP contribution < -0.4 is 5.32 Å². The largest absolute Gasteiger partial charge is 0.331 e. The van der Waals surface area contributed by atoms with Gasteiger partial charge in [-0.3, -0.25) is 0 Å². The van der Waals surface area contributed by atoms with Crippen LogP contribution in [0.3, 0.4) is 0 Å². The van der Waals surface area contributed by atoms with Crippen LogP contribution in [-0.2, 0) is 9.84 Å². The monoisotopic (exact) mass is 344 g/mol. The lowest BCUT2D eigenvalue weighted by Gasteiger charge is -2.25. The van der Waals surface area contributed by atoms with Crippen molar-refractivity contribution >= 4 is 27.2 Å². The average molecular weight is 345 g/mol. The summed E-state index contributed by atoms with van der Waals surface area (Å²) in [6, 6.07) is 1.84. The Bertz CT molecular complexity index is 652. The van der Waals surface area contributed by atoms with E-state index in [4.69, 9.17) is 0 Å². The standard InChI is InChI=1S/C15H24N2O3S2/c1-10-8-17(5-6-22(19,20)9-10)15(18)16-12(3)14-7-11(2)21-13(14)4/h7,10,12H,5-6,8-9H2,1-4H3,(H,16,18)/t10-,12-/m0/s1. The van der Waals surface area contributed by atoms with Gasteiger partial charge in [0.05, 0.1) is 17.5 Å². The number of sulfone groups is 1. The number of aryl methyl sites for hydroxylation is 2. The third-order valence-electron chi connectivity index (χ3n) is 3.92. The number of amides is 2. The van der Waals surface area contributed by atoms with E-state index in [0.717, 1.165) is 5.56 Å². The van der Waals surface area contributed by atoms with Crippen molar-refractivity contribution in [3.63, 3.8) is 0 Å². The number of carbonyl (C=O) groups excluding carboxylic acids is 1. The minimum Gasteiger partial charge on any atom is -0.331 e. The van der Waals surface area contributed by atoms with Gasteiger partial charge in [0.25, 0.3) is 0 Å². The minimum absolute atomic E-state index is 0.0290. The van der Waals surface area contributed by atoms with Gasteiger partial charge in [-0.25, -0.2) is 13.2 Å². The van der Waals surface area contributed by atoms with E-state index < -0.39 is 9.84 Å². The Balaban J connectivity index is 2.04. The summed E-state index contributed by atoms with van der Waals surface area (Å²) in [5.74, 6) is 0.184. The van der Waals surface area contributed by atoms with Crippen LogP contribution in [-0.4, -0.2) is 43.9 Å². The molecule has 1 aromatic rings. The number of thiophene rings is 1. The van der Waals surface area contributed by atoms with Crippen LogP contribution in [0.1, 0.15) is 35.2 Å². The molecule has 1 aliphatic heterocycles. The molecule has 1 N–H and O–H groups in total. The maximum absolute atomic E-state index is 12.4. The summed E-state index contributed by atoms with van der Waals surface area (Å²) in [7, 11) is -3.04. The average Bonchev–Trinajstić information content (AvgIpc) is 2.64. The van der Waals surface area contributed by atoms with Crippen molar-refractivity contribution < 1.29 is 13.2 Å². The fourth-order valence-electron chi connectivity index (χ4n) is 2.91. The minimum atomic E-state index is -3.04. The topological polar surface area (TPSA) is 66.5 Å². The van der Waals surface area contributed by atoms with Gasteiger partial charge in [-0.05, 0) is 38.3 Å². The summed E-state index contributed by atoms with van der Waals surface area (Å²) in [6.07, 6.45) is 0. The predicted molar refractivity (Wildman–Crippen MR) is 90.1 cm³/mol. The highest BCUT2D eigenvalue weighted by atomic mass is 32.2. The Morgan fingerprint density at radius 2 is 2.14 bits per heavy atom. The Hall–Kier alpha value is -1.08. The number of nitrogens with one attached hydrogen (secondary N) is 1. The molecule has 124 valence electrons. The molecule has 7 heteroatoms. The molecule has 2 amide bonds. The Labute approximate surface area is 136 Å². The fraction of sp³-hybridized carbons (Fsp3) is 0.667. The van der Waals surface area contributed by atoms with Crippen molar-refractivity contribution in [3.8, 4) is 0 Å². The summed E-state index contributed by atoms with van der Waals surface area (Å²) in [5, 5.41) is 2.99. The van der Waals surface area contributed by atoms with Gasteiger partial charge in [0.15, 0.2) is 9.84 Å². The first-order valence-electron chi connectivity index (χ1n) is 7.51. The lowest BCUT2D eigenvalue weighted by Crippen LogP contribution is -2.43. The van der Waals surface area contributed by atoms with E-state index in [9.17, 15) is 13.2 Å². The molecule has 0 aliphatic carbocycles. The second-order valence-electron chi connectivity index (χ2n) is 6.21. The van der Waals surface area contributed by atoms with Crippen LogP contribution in [0.5, 0.6) is 0 Å². The van der Waals surface area contributed by atoms with E-state index in [0.29, 0.717) is 6.54 Å². The number of nitrogens with zero attached hydrogens (tertiary/aromatic N) is 1. The molecule has 0 saturated carbocycles. The number of hydrogen-bond acceptors (Lipinski definition) is 4. The molecule has 5 nitrogen and oxygen atoms in total. The van der Waals surface area contributed by atoms with Crippen LogP contribution >= 0.6 is 11.3 Å². The highest BCUT2D eigenvalue weighted by Gasteiger charge is 2.27. The lowest BCUT2D eigenvalue weighted by molar-refractivity contribution is 0.192. The molecule has 1 aromatic heterocycles. The third kappa shape index (κ3) is 4.23. The molecule has 0 radical (unpaired) electrons. The molecule has 0 bridgehead atoms. The highest BCUT2D eigenvalue weighted by Crippen LogP contribution is 2.26. The van der Waals surface area contributed by atoms with Gasteiger partial charge < -0.3 is 10.2 Å². The van der Waals surface area contributed by atoms with Crippen molar-refractivity contribution in [2.75, 3.05) is 24.6 Å². The van der Waals surface area contributed by atoms with E-state index in [1.54, 1.807) is 16.2 Å². The number of urea groups is 1. The molecule has 1 saturated heterocycles. The zero-order chi connectivity index (χ0) is 16.5. The van der Waals surface area contributed by atoms with Gasteiger partial charge >= 0.3 is 6.03 Å². The third-order valence-corrected chi connectivity index (χ3v) is 6.78.